The van der Waals surface area contributed by atoms with Crippen LogP contribution in [-0.2, 0) is 40.5 Å². The SMILES string of the molecule is O=S(=O)(c1ccccc1C(F)(F)F)N1Cc2ccccc2COCC1Cc1ccccc1. The molecule has 32 heavy (non-hydrogen) atoms. The van der Waals surface area contributed by atoms with Crippen molar-refractivity contribution in [2.75, 3.05) is 6.61 Å². The lowest BCUT2D eigenvalue weighted by atomic mass is 10.0. The molecule has 4 rings (SSSR count). The molecule has 0 aromatic heterocycles. The normalized spacial score (nSPS) is 17.9. The molecule has 3 aromatic rings. The predicted octanol–water partition coefficient (Wildman–Crippen LogP) is 5.04. The minimum absolute atomic E-state index is 0.0362. The number of halogens is 3. The average molecular weight is 462 g/mol. The first-order valence-electron chi connectivity index (χ1n) is 10.1. The third kappa shape index (κ3) is 4.72. The highest BCUT2D eigenvalue weighted by Crippen LogP contribution is 2.36. The van der Waals surface area contributed by atoms with Gasteiger partial charge in [-0.2, -0.15) is 17.5 Å². The van der Waals surface area contributed by atoms with Crippen LogP contribution in [0.1, 0.15) is 22.3 Å². The Morgan fingerprint density at radius 1 is 0.875 bits per heavy atom. The van der Waals surface area contributed by atoms with Gasteiger partial charge >= 0.3 is 6.18 Å². The van der Waals surface area contributed by atoms with Gasteiger partial charge in [-0.3, -0.25) is 0 Å². The monoisotopic (exact) mass is 461 g/mol. The van der Waals surface area contributed by atoms with Crippen LogP contribution in [0.15, 0.2) is 83.8 Å². The van der Waals surface area contributed by atoms with Gasteiger partial charge in [0.15, 0.2) is 0 Å². The van der Waals surface area contributed by atoms with Crippen LogP contribution in [-0.4, -0.2) is 25.4 Å². The van der Waals surface area contributed by atoms with Crippen molar-refractivity contribution in [3.63, 3.8) is 0 Å². The molecule has 1 unspecified atom stereocenters. The summed E-state index contributed by atoms with van der Waals surface area (Å²) in [5.74, 6) is 0. The number of ether oxygens (including phenoxy) is 1. The standard InChI is InChI=1S/C24H22F3NO3S/c25-24(26,27)22-12-6-7-13-23(22)32(29,30)28-15-19-10-4-5-11-20(19)16-31-17-21(28)14-18-8-2-1-3-9-18/h1-13,21H,14-17H2. The van der Waals surface area contributed by atoms with E-state index in [-0.39, 0.29) is 13.2 Å². The third-order valence-corrected chi connectivity index (χ3v) is 7.47. The minimum atomic E-state index is -4.80. The molecule has 0 fully saturated rings. The van der Waals surface area contributed by atoms with Crippen molar-refractivity contribution < 1.29 is 26.3 Å². The van der Waals surface area contributed by atoms with Gasteiger partial charge in [0, 0.05) is 6.54 Å². The first-order valence-corrected chi connectivity index (χ1v) is 11.6. The molecule has 8 heteroatoms. The summed E-state index contributed by atoms with van der Waals surface area (Å²) in [4.78, 5) is -0.747. The van der Waals surface area contributed by atoms with Gasteiger partial charge in [0.1, 0.15) is 0 Å². The number of sulfonamides is 1. The third-order valence-electron chi connectivity index (χ3n) is 5.51. The number of benzene rings is 3. The molecular formula is C24H22F3NO3S. The number of fused-ring (bicyclic) bond motifs is 1. The highest BCUT2D eigenvalue weighted by atomic mass is 32.2. The summed E-state index contributed by atoms with van der Waals surface area (Å²) in [6, 6.07) is 20.1. The van der Waals surface area contributed by atoms with Crippen LogP contribution in [0.3, 0.4) is 0 Å². The molecule has 1 heterocycles. The van der Waals surface area contributed by atoms with Crippen molar-refractivity contribution >= 4 is 10.0 Å². The first kappa shape index (κ1) is 22.5. The van der Waals surface area contributed by atoms with Crippen molar-refractivity contribution in [2.24, 2.45) is 0 Å². The lowest BCUT2D eigenvalue weighted by molar-refractivity contribution is -0.139. The zero-order chi connectivity index (χ0) is 22.8. The highest BCUT2D eigenvalue weighted by Gasteiger charge is 2.41. The Bertz CT molecular complexity index is 1180. The van der Waals surface area contributed by atoms with E-state index in [4.69, 9.17) is 4.74 Å². The van der Waals surface area contributed by atoms with Gasteiger partial charge in [0.05, 0.1) is 29.7 Å². The van der Waals surface area contributed by atoms with E-state index < -0.39 is 32.7 Å². The van der Waals surface area contributed by atoms with E-state index >= 15 is 0 Å². The minimum Gasteiger partial charge on any atom is -0.375 e. The molecule has 168 valence electrons. The summed E-state index contributed by atoms with van der Waals surface area (Å²) in [6.07, 6.45) is -4.48. The van der Waals surface area contributed by atoms with Gasteiger partial charge in [-0.25, -0.2) is 8.42 Å². The van der Waals surface area contributed by atoms with Crippen LogP contribution in [0.25, 0.3) is 0 Å². The predicted molar refractivity (Wildman–Crippen MR) is 114 cm³/mol. The maximum Gasteiger partial charge on any atom is 0.417 e. The maximum atomic E-state index is 13.7. The molecule has 0 radical (unpaired) electrons. The van der Waals surface area contributed by atoms with E-state index in [1.807, 2.05) is 42.5 Å². The fourth-order valence-electron chi connectivity index (χ4n) is 3.92. The van der Waals surface area contributed by atoms with Crippen molar-refractivity contribution in [1.82, 2.24) is 4.31 Å². The average Bonchev–Trinajstić information content (AvgIpc) is 2.76. The van der Waals surface area contributed by atoms with Crippen molar-refractivity contribution in [2.45, 2.75) is 36.7 Å². The van der Waals surface area contributed by atoms with Crippen molar-refractivity contribution in [3.05, 3.63) is 101 Å². The van der Waals surface area contributed by atoms with E-state index in [0.29, 0.717) is 18.6 Å². The number of nitrogens with zero attached hydrogens (tertiary/aromatic N) is 1. The van der Waals surface area contributed by atoms with Crippen LogP contribution in [0.4, 0.5) is 13.2 Å². The molecular weight excluding hydrogens is 439 g/mol. The zero-order valence-electron chi connectivity index (χ0n) is 17.1. The Hall–Kier alpha value is -2.68. The van der Waals surface area contributed by atoms with Crippen LogP contribution in [0, 0.1) is 0 Å². The van der Waals surface area contributed by atoms with Crippen LogP contribution < -0.4 is 0 Å². The maximum absolute atomic E-state index is 13.7. The summed E-state index contributed by atoms with van der Waals surface area (Å²) < 4.78 is 75.4. The Kier molecular flexibility index (Phi) is 6.37. The lowest BCUT2D eigenvalue weighted by Crippen LogP contribution is -2.45. The van der Waals surface area contributed by atoms with Crippen molar-refractivity contribution in [3.8, 4) is 0 Å². The molecule has 0 saturated carbocycles. The van der Waals surface area contributed by atoms with Gasteiger partial charge in [0.2, 0.25) is 10.0 Å². The molecule has 0 N–H and O–H groups in total. The number of hydrogen-bond acceptors (Lipinski definition) is 3. The van der Waals surface area contributed by atoms with Crippen LogP contribution in [0.2, 0.25) is 0 Å². The summed E-state index contributed by atoms with van der Waals surface area (Å²) in [5.41, 5.74) is 1.22. The number of rotatable bonds is 4. The lowest BCUT2D eigenvalue weighted by Gasteiger charge is -2.34. The Morgan fingerprint density at radius 2 is 1.50 bits per heavy atom. The van der Waals surface area contributed by atoms with Crippen LogP contribution >= 0.6 is 0 Å². The molecule has 0 bridgehead atoms. The number of alkyl halides is 3. The Balaban J connectivity index is 1.82. The molecule has 1 aliphatic heterocycles. The van der Waals surface area contributed by atoms with E-state index in [0.717, 1.165) is 27.6 Å². The van der Waals surface area contributed by atoms with E-state index in [9.17, 15) is 21.6 Å². The molecule has 0 aliphatic carbocycles. The molecule has 1 aliphatic rings. The van der Waals surface area contributed by atoms with E-state index in [1.54, 1.807) is 12.1 Å². The highest BCUT2D eigenvalue weighted by molar-refractivity contribution is 7.89. The van der Waals surface area contributed by atoms with Gasteiger partial charge in [-0.05, 0) is 35.2 Å². The summed E-state index contributed by atoms with van der Waals surface area (Å²) >= 11 is 0. The molecule has 0 saturated heterocycles. The van der Waals surface area contributed by atoms with Gasteiger partial charge in [-0.1, -0.05) is 66.7 Å². The topological polar surface area (TPSA) is 46.6 Å². The molecule has 0 spiro atoms. The molecule has 0 amide bonds. The largest absolute Gasteiger partial charge is 0.417 e. The first-order chi connectivity index (χ1) is 15.3. The quantitative estimate of drug-likeness (QED) is 0.547. The molecule has 4 nitrogen and oxygen atoms in total. The second-order valence-corrected chi connectivity index (χ2v) is 9.53. The van der Waals surface area contributed by atoms with Crippen LogP contribution in [0.5, 0.6) is 0 Å². The second kappa shape index (κ2) is 9.05. The van der Waals surface area contributed by atoms with Gasteiger partial charge in [-0.15, -0.1) is 0 Å². The Labute approximate surface area is 185 Å². The molecule has 1 atom stereocenters. The summed E-state index contributed by atoms with van der Waals surface area (Å²) in [6.45, 7) is 0.344. The fourth-order valence-corrected chi connectivity index (χ4v) is 5.72. The zero-order valence-corrected chi connectivity index (χ0v) is 17.9. The second-order valence-electron chi connectivity index (χ2n) is 7.67. The Morgan fingerprint density at radius 3 is 2.22 bits per heavy atom. The van der Waals surface area contributed by atoms with E-state index in [2.05, 4.69) is 0 Å². The molecule has 3 aromatic carbocycles. The smallest absolute Gasteiger partial charge is 0.375 e. The summed E-state index contributed by atoms with van der Waals surface area (Å²) in [5, 5.41) is 0. The van der Waals surface area contributed by atoms with Crippen molar-refractivity contribution in [1.29, 1.82) is 0 Å². The van der Waals surface area contributed by atoms with E-state index in [1.165, 1.54) is 12.1 Å². The van der Waals surface area contributed by atoms with Gasteiger partial charge < -0.3 is 4.74 Å². The fraction of sp³-hybridized carbons (Fsp3) is 0.250. The summed E-state index contributed by atoms with van der Waals surface area (Å²) in [7, 11) is -4.49. The number of hydrogen-bond donors (Lipinski definition) is 0. The van der Waals surface area contributed by atoms with Gasteiger partial charge in [0.25, 0.3) is 0 Å².